The van der Waals surface area contributed by atoms with Gasteiger partial charge >= 0.3 is 0 Å². The number of benzene rings is 2. The largest absolute Gasteiger partial charge is 0.453 e. The van der Waals surface area contributed by atoms with E-state index >= 15 is 0 Å². The van der Waals surface area contributed by atoms with Crippen LogP contribution in [-0.2, 0) is 9.59 Å². The van der Waals surface area contributed by atoms with Crippen molar-refractivity contribution in [3.05, 3.63) is 84.6 Å². The molecule has 0 radical (unpaired) electrons. The molecule has 0 unspecified atom stereocenters. The van der Waals surface area contributed by atoms with Gasteiger partial charge in [-0.3, -0.25) is 14.5 Å². The number of fused-ring (bicyclic) bond motifs is 1. The first-order valence-electron chi connectivity index (χ1n) is 10.5. The van der Waals surface area contributed by atoms with Crippen LogP contribution in [0.3, 0.4) is 0 Å². The van der Waals surface area contributed by atoms with Crippen LogP contribution in [0.2, 0.25) is 0 Å². The molecule has 2 aromatic heterocycles. The number of anilines is 2. The zero-order valence-corrected chi connectivity index (χ0v) is 17.9. The smallest absolute Gasteiger partial charge is 0.247 e. The Morgan fingerprint density at radius 1 is 1.06 bits per heavy atom. The fraction of sp³-hybridized carbons (Fsp3) is 0.160. The van der Waals surface area contributed by atoms with Crippen molar-refractivity contribution in [2.75, 3.05) is 4.90 Å². The van der Waals surface area contributed by atoms with Gasteiger partial charge in [0.05, 0.1) is 0 Å². The maximum Gasteiger partial charge on any atom is 0.247 e. The third-order valence-electron chi connectivity index (χ3n) is 5.94. The van der Waals surface area contributed by atoms with Crippen LogP contribution < -0.4 is 15.4 Å². The number of carbonyl (C=O) groups is 2. The standard InChI is InChI=1S/C25H21FN4O3/c1-16-15-19(8-9-20(16)33-21-3-2-13-29-14-12-28-22(21)29)30(18-6-4-17(26)5-7-18)24(32)25(10-11-25)23(27)31/h2-9,12-15H,10-11H2,1H3,(H2,27,31). The highest BCUT2D eigenvalue weighted by atomic mass is 19.1. The fourth-order valence-corrected chi connectivity index (χ4v) is 3.89. The Hall–Kier alpha value is -4.20. The number of hydrogen-bond donors (Lipinski definition) is 1. The molecular weight excluding hydrogens is 423 g/mol. The molecule has 5 rings (SSSR count). The average Bonchev–Trinajstić information content (AvgIpc) is 3.48. The number of halogens is 1. The van der Waals surface area contributed by atoms with Gasteiger partial charge in [-0.25, -0.2) is 9.37 Å². The molecule has 1 aliphatic carbocycles. The number of amides is 2. The molecule has 1 aliphatic rings. The number of nitrogens with two attached hydrogens (primary N) is 1. The molecule has 4 aromatic rings. The number of pyridine rings is 1. The number of carbonyl (C=O) groups excluding carboxylic acids is 2. The topological polar surface area (TPSA) is 89.9 Å². The summed E-state index contributed by atoms with van der Waals surface area (Å²) in [5.74, 6) is -0.302. The quantitative estimate of drug-likeness (QED) is 0.443. The van der Waals surface area contributed by atoms with E-state index in [1.165, 1.54) is 29.2 Å². The van der Waals surface area contributed by atoms with Crippen molar-refractivity contribution in [3.8, 4) is 11.5 Å². The lowest BCUT2D eigenvalue weighted by molar-refractivity contribution is -0.133. The first-order chi connectivity index (χ1) is 15.9. The average molecular weight is 444 g/mol. The molecule has 0 bridgehead atoms. The van der Waals surface area contributed by atoms with Crippen molar-refractivity contribution in [2.24, 2.45) is 11.1 Å². The fourth-order valence-electron chi connectivity index (χ4n) is 3.89. The Labute approximate surface area is 189 Å². The first-order valence-corrected chi connectivity index (χ1v) is 10.5. The molecule has 166 valence electrons. The number of imidazole rings is 1. The SMILES string of the molecule is Cc1cc(N(C(=O)C2(C(N)=O)CC2)c2ccc(F)cc2)ccc1Oc1cccn2ccnc12. The van der Waals surface area contributed by atoms with Gasteiger partial charge in [0.15, 0.2) is 11.4 Å². The van der Waals surface area contributed by atoms with Gasteiger partial charge in [0.2, 0.25) is 11.8 Å². The molecule has 7 nitrogen and oxygen atoms in total. The van der Waals surface area contributed by atoms with Gasteiger partial charge < -0.3 is 14.9 Å². The highest BCUT2D eigenvalue weighted by molar-refractivity contribution is 6.16. The van der Waals surface area contributed by atoms with Gasteiger partial charge in [-0.1, -0.05) is 0 Å². The normalized spacial score (nSPS) is 14.1. The summed E-state index contributed by atoms with van der Waals surface area (Å²) in [6, 6.07) is 14.5. The van der Waals surface area contributed by atoms with Crippen molar-refractivity contribution in [1.82, 2.24) is 9.38 Å². The predicted molar refractivity (Wildman–Crippen MR) is 121 cm³/mol. The lowest BCUT2D eigenvalue weighted by atomic mass is 10.0. The summed E-state index contributed by atoms with van der Waals surface area (Å²) in [5, 5.41) is 0. The monoisotopic (exact) mass is 444 g/mol. The van der Waals surface area contributed by atoms with Gasteiger partial charge in [-0.05, 0) is 79.9 Å². The molecule has 1 saturated carbocycles. The highest BCUT2D eigenvalue weighted by Crippen LogP contribution is 2.49. The van der Waals surface area contributed by atoms with Crippen molar-refractivity contribution in [2.45, 2.75) is 19.8 Å². The van der Waals surface area contributed by atoms with Crippen molar-refractivity contribution in [3.63, 3.8) is 0 Å². The number of primary amides is 1. The maximum atomic E-state index is 13.5. The van der Waals surface area contributed by atoms with Gasteiger partial charge in [0, 0.05) is 30.0 Å². The summed E-state index contributed by atoms with van der Waals surface area (Å²) >= 11 is 0. The van der Waals surface area contributed by atoms with Crippen LogP contribution in [0, 0.1) is 18.2 Å². The van der Waals surface area contributed by atoms with Crippen molar-refractivity contribution in [1.29, 1.82) is 0 Å². The summed E-state index contributed by atoms with van der Waals surface area (Å²) in [5.41, 5.74) is 6.75. The van der Waals surface area contributed by atoms with E-state index in [1.54, 1.807) is 24.4 Å². The summed E-state index contributed by atoms with van der Waals surface area (Å²) in [6.45, 7) is 1.86. The zero-order valence-electron chi connectivity index (χ0n) is 17.9. The van der Waals surface area contributed by atoms with Crippen LogP contribution in [0.15, 0.2) is 73.2 Å². The minimum absolute atomic E-state index is 0.396. The van der Waals surface area contributed by atoms with Crippen LogP contribution in [0.1, 0.15) is 18.4 Å². The number of aryl methyl sites for hydroxylation is 1. The summed E-state index contributed by atoms with van der Waals surface area (Å²) in [4.78, 5) is 31.2. The van der Waals surface area contributed by atoms with E-state index in [-0.39, 0.29) is 0 Å². The van der Waals surface area contributed by atoms with E-state index in [0.717, 1.165) is 5.56 Å². The Kier molecular flexibility index (Phi) is 4.85. The minimum Gasteiger partial charge on any atom is -0.453 e. The molecule has 0 aliphatic heterocycles. The molecule has 8 heteroatoms. The first kappa shape index (κ1) is 20.7. The van der Waals surface area contributed by atoms with E-state index < -0.39 is 23.0 Å². The molecule has 2 N–H and O–H groups in total. The van der Waals surface area contributed by atoms with Gasteiger partial charge in [-0.2, -0.15) is 0 Å². The molecule has 2 amide bonds. The second-order valence-electron chi connectivity index (χ2n) is 8.15. The van der Waals surface area contributed by atoms with E-state index in [2.05, 4.69) is 4.98 Å². The molecular formula is C25H21FN4O3. The lowest BCUT2D eigenvalue weighted by Gasteiger charge is -2.27. The van der Waals surface area contributed by atoms with Crippen molar-refractivity contribution < 1.29 is 18.7 Å². The van der Waals surface area contributed by atoms with Gasteiger partial charge in [0.1, 0.15) is 17.0 Å². The summed E-state index contributed by atoms with van der Waals surface area (Å²) < 4.78 is 21.5. The van der Waals surface area contributed by atoms with Crippen molar-refractivity contribution >= 4 is 28.8 Å². The molecule has 2 aromatic carbocycles. The van der Waals surface area contributed by atoms with Gasteiger partial charge in [0.25, 0.3) is 0 Å². The van der Waals surface area contributed by atoms with Crippen LogP contribution in [0.5, 0.6) is 11.5 Å². The zero-order chi connectivity index (χ0) is 23.2. The minimum atomic E-state index is -1.23. The number of hydrogen-bond acceptors (Lipinski definition) is 4. The Morgan fingerprint density at radius 2 is 1.79 bits per heavy atom. The molecule has 0 atom stereocenters. The maximum absolute atomic E-state index is 13.5. The number of rotatable bonds is 6. The molecule has 2 heterocycles. The third-order valence-corrected chi connectivity index (χ3v) is 5.94. The highest BCUT2D eigenvalue weighted by Gasteiger charge is 2.57. The molecule has 1 fully saturated rings. The molecule has 33 heavy (non-hydrogen) atoms. The molecule has 0 saturated heterocycles. The summed E-state index contributed by atoms with van der Waals surface area (Å²) in [6.07, 6.45) is 6.19. The lowest BCUT2D eigenvalue weighted by Crippen LogP contribution is -2.41. The van der Waals surface area contributed by atoms with Gasteiger partial charge in [-0.15, -0.1) is 0 Å². The van der Waals surface area contributed by atoms with Crippen LogP contribution in [0.25, 0.3) is 5.65 Å². The Morgan fingerprint density at radius 3 is 2.45 bits per heavy atom. The van der Waals surface area contributed by atoms with E-state index in [9.17, 15) is 14.0 Å². The number of nitrogens with zero attached hydrogens (tertiary/aromatic N) is 3. The van der Waals surface area contributed by atoms with Crippen LogP contribution >= 0.6 is 0 Å². The third kappa shape index (κ3) is 3.59. The van der Waals surface area contributed by atoms with Crippen LogP contribution in [0.4, 0.5) is 15.8 Å². The van der Waals surface area contributed by atoms with E-state index in [0.29, 0.717) is 41.4 Å². The molecule has 0 spiro atoms. The second-order valence-corrected chi connectivity index (χ2v) is 8.15. The Balaban J connectivity index is 1.52. The van der Waals surface area contributed by atoms with Crippen LogP contribution in [-0.4, -0.2) is 21.2 Å². The van der Waals surface area contributed by atoms with E-state index in [1.807, 2.05) is 35.9 Å². The number of ether oxygens (including phenoxy) is 1. The Bertz CT molecular complexity index is 1380. The number of aromatic nitrogens is 2. The predicted octanol–water partition coefficient (Wildman–Crippen LogP) is 4.50. The second kappa shape index (κ2) is 7.74. The summed E-state index contributed by atoms with van der Waals surface area (Å²) in [7, 11) is 0. The van der Waals surface area contributed by atoms with E-state index in [4.69, 9.17) is 10.5 Å².